The zero-order valence-corrected chi connectivity index (χ0v) is 25.4. The van der Waals surface area contributed by atoms with Crippen molar-refractivity contribution in [1.82, 2.24) is 10.2 Å². The van der Waals surface area contributed by atoms with Gasteiger partial charge in [0.05, 0.1) is 10.6 Å². The Bertz CT molecular complexity index is 1390. The highest BCUT2D eigenvalue weighted by Gasteiger charge is 2.33. The normalized spacial score (nSPS) is 12.2. The van der Waals surface area contributed by atoms with E-state index in [1.165, 1.54) is 17.0 Å². The Morgan fingerprint density at radius 3 is 2.18 bits per heavy atom. The van der Waals surface area contributed by atoms with Crippen LogP contribution in [0.4, 0.5) is 5.69 Å². The molecule has 208 valence electrons. The van der Waals surface area contributed by atoms with Crippen molar-refractivity contribution < 1.29 is 18.0 Å². The molecule has 3 aromatic carbocycles. The predicted octanol–water partition coefficient (Wildman–Crippen LogP) is 5.45. The van der Waals surface area contributed by atoms with Gasteiger partial charge in [0, 0.05) is 17.6 Å². The maximum absolute atomic E-state index is 14.0. The van der Waals surface area contributed by atoms with Crippen molar-refractivity contribution in [2.75, 3.05) is 17.4 Å². The van der Waals surface area contributed by atoms with Crippen LogP contribution in [0, 0.1) is 19.8 Å². The van der Waals surface area contributed by atoms with E-state index in [4.69, 9.17) is 0 Å². The minimum atomic E-state index is -4.09. The standard InChI is InChI=1S/C30H36BrN3O4S/c1-21(2)18-32-30(36)24(5)33(19-25-13-15-26(31)16-14-25)29(35)20-34(28-17-22(3)11-12-23(28)4)39(37,38)27-9-7-6-8-10-27/h6-17,21,24H,18-20H2,1-5H3,(H,32,36)/t24-/m0/s1. The highest BCUT2D eigenvalue weighted by atomic mass is 79.9. The van der Waals surface area contributed by atoms with E-state index in [-0.39, 0.29) is 23.3 Å². The van der Waals surface area contributed by atoms with Crippen LogP contribution in [0.3, 0.4) is 0 Å². The molecule has 39 heavy (non-hydrogen) atoms. The summed E-state index contributed by atoms with van der Waals surface area (Å²) in [7, 11) is -4.09. The molecule has 3 rings (SSSR count). The monoisotopic (exact) mass is 613 g/mol. The van der Waals surface area contributed by atoms with Crippen LogP contribution in [0.15, 0.2) is 82.2 Å². The lowest BCUT2D eigenvalue weighted by molar-refractivity contribution is -0.139. The van der Waals surface area contributed by atoms with Gasteiger partial charge >= 0.3 is 0 Å². The van der Waals surface area contributed by atoms with Crippen molar-refractivity contribution >= 4 is 43.5 Å². The molecular formula is C30H36BrN3O4S. The van der Waals surface area contributed by atoms with E-state index in [0.29, 0.717) is 12.2 Å². The maximum atomic E-state index is 14.0. The Kier molecular flexibility index (Phi) is 10.3. The first-order valence-electron chi connectivity index (χ1n) is 12.9. The summed E-state index contributed by atoms with van der Waals surface area (Å²) in [6.45, 7) is 9.50. The van der Waals surface area contributed by atoms with Crippen molar-refractivity contribution in [3.63, 3.8) is 0 Å². The number of nitrogens with one attached hydrogen (secondary N) is 1. The molecule has 0 spiro atoms. The minimum Gasteiger partial charge on any atom is -0.354 e. The average Bonchev–Trinajstić information content (AvgIpc) is 2.91. The molecule has 0 saturated heterocycles. The van der Waals surface area contributed by atoms with E-state index in [1.807, 2.05) is 64.1 Å². The lowest BCUT2D eigenvalue weighted by atomic mass is 10.1. The molecule has 0 fully saturated rings. The topological polar surface area (TPSA) is 86.8 Å². The Morgan fingerprint density at radius 1 is 0.923 bits per heavy atom. The highest BCUT2D eigenvalue weighted by Crippen LogP contribution is 2.28. The number of aryl methyl sites for hydroxylation is 2. The molecule has 0 heterocycles. The summed E-state index contributed by atoms with van der Waals surface area (Å²) in [6, 6.07) is 20.2. The van der Waals surface area contributed by atoms with Crippen LogP contribution in [0.5, 0.6) is 0 Å². The average molecular weight is 615 g/mol. The summed E-state index contributed by atoms with van der Waals surface area (Å²) in [5, 5.41) is 2.90. The van der Waals surface area contributed by atoms with Crippen LogP contribution in [0.2, 0.25) is 0 Å². The third kappa shape index (κ3) is 7.92. The van der Waals surface area contributed by atoms with Gasteiger partial charge in [0.25, 0.3) is 10.0 Å². The maximum Gasteiger partial charge on any atom is 0.264 e. The van der Waals surface area contributed by atoms with Crippen LogP contribution in [-0.2, 0) is 26.2 Å². The molecule has 1 N–H and O–H groups in total. The number of carbonyl (C=O) groups is 2. The van der Waals surface area contributed by atoms with Gasteiger partial charge in [-0.2, -0.15) is 0 Å². The van der Waals surface area contributed by atoms with Gasteiger partial charge in [0.15, 0.2) is 0 Å². The quantitative estimate of drug-likeness (QED) is 0.311. The fourth-order valence-corrected chi connectivity index (χ4v) is 5.80. The van der Waals surface area contributed by atoms with E-state index >= 15 is 0 Å². The van der Waals surface area contributed by atoms with E-state index < -0.39 is 28.5 Å². The van der Waals surface area contributed by atoms with Gasteiger partial charge in [-0.15, -0.1) is 0 Å². The van der Waals surface area contributed by atoms with Crippen LogP contribution in [0.1, 0.15) is 37.5 Å². The van der Waals surface area contributed by atoms with Gasteiger partial charge < -0.3 is 10.2 Å². The number of hydrogen-bond acceptors (Lipinski definition) is 4. The van der Waals surface area contributed by atoms with Crippen LogP contribution in [-0.4, -0.2) is 44.3 Å². The summed E-state index contributed by atoms with van der Waals surface area (Å²) < 4.78 is 29.8. The lowest BCUT2D eigenvalue weighted by Gasteiger charge is -2.32. The number of sulfonamides is 1. The van der Waals surface area contributed by atoms with Gasteiger partial charge in [-0.1, -0.05) is 72.2 Å². The number of hydrogen-bond donors (Lipinski definition) is 1. The van der Waals surface area contributed by atoms with Crippen molar-refractivity contribution in [3.05, 3.63) is 94.0 Å². The van der Waals surface area contributed by atoms with Crippen molar-refractivity contribution in [1.29, 1.82) is 0 Å². The van der Waals surface area contributed by atoms with E-state index in [0.717, 1.165) is 25.5 Å². The summed E-state index contributed by atoms with van der Waals surface area (Å²) in [4.78, 5) is 28.6. The zero-order chi connectivity index (χ0) is 28.7. The summed E-state index contributed by atoms with van der Waals surface area (Å²) in [5.41, 5.74) is 2.83. The molecule has 7 nitrogen and oxygen atoms in total. The van der Waals surface area contributed by atoms with Gasteiger partial charge in [-0.25, -0.2) is 8.42 Å². The van der Waals surface area contributed by atoms with Gasteiger partial charge in [0.1, 0.15) is 12.6 Å². The predicted molar refractivity (Wildman–Crippen MR) is 159 cm³/mol. The third-order valence-corrected chi connectivity index (χ3v) is 8.66. The Balaban J connectivity index is 2.03. The zero-order valence-electron chi connectivity index (χ0n) is 23.0. The second-order valence-corrected chi connectivity index (χ2v) is 12.9. The Hall–Kier alpha value is -3.17. The summed E-state index contributed by atoms with van der Waals surface area (Å²) in [5.74, 6) is -0.531. The second-order valence-electron chi connectivity index (χ2n) is 10.1. The molecule has 0 unspecified atom stereocenters. The number of carbonyl (C=O) groups excluding carboxylic acids is 2. The first-order valence-corrected chi connectivity index (χ1v) is 15.1. The highest BCUT2D eigenvalue weighted by molar-refractivity contribution is 9.10. The van der Waals surface area contributed by atoms with Crippen LogP contribution >= 0.6 is 15.9 Å². The molecule has 0 saturated carbocycles. The number of nitrogens with zero attached hydrogens (tertiary/aromatic N) is 2. The van der Waals surface area contributed by atoms with E-state index in [1.54, 1.807) is 31.2 Å². The third-order valence-electron chi connectivity index (χ3n) is 6.36. The van der Waals surface area contributed by atoms with Gasteiger partial charge in [0.2, 0.25) is 11.8 Å². The van der Waals surface area contributed by atoms with Crippen molar-refractivity contribution in [2.45, 2.75) is 52.1 Å². The largest absolute Gasteiger partial charge is 0.354 e. The van der Waals surface area contributed by atoms with Gasteiger partial charge in [-0.3, -0.25) is 13.9 Å². The van der Waals surface area contributed by atoms with Crippen molar-refractivity contribution in [3.8, 4) is 0 Å². The molecule has 0 aromatic heterocycles. The summed E-state index contributed by atoms with van der Waals surface area (Å²) >= 11 is 3.42. The summed E-state index contributed by atoms with van der Waals surface area (Å²) in [6.07, 6.45) is 0. The van der Waals surface area contributed by atoms with Crippen LogP contribution < -0.4 is 9.62 Å². The Labute approximate surface area is 240 Å². The van der Waals surface area contributed by atoms with E-state index in [9.17, 15) is 18.0 Å². The molecule has 2 amide bonds. The molecule has 0 aliphatic carbocycles. The van der Waals surface area contributed by atoms with Gasteiger partial charge in [-0.05, 0) is 73.7 Å². The number of amides is 2. The number of rotatable bonds is 11. The fourth-order valence-electron chi connectivity index (χ4n) is 4.04. The first-order chi connectivity index (χ1) is 18.4. The second kappa shape index (κ2) is 13.3. The molecule has 9 heteroatoms. The molecule has 3 aromatic rings. The minimum absolute atomic E-state index is 0.0842. The molecular weight excluding hydrogens is 578 g/mol. The van der Waals surface area contributed by atoms with E-state index in [2.05, 4.69) is 21.2 Å². The molecule has 0 aliphatic heterocycles. The van der Waals surface area contributed by atoms with Crippen LogP contribution in [0.25, 0.3) is 0 Å². The molecule has 0 bridgehead atoms. The fraction of sp³-hybridized carbons (Fsp3) is 0.333. The first kappa shape index (κ1) is 30.4. The SMILES string of the molecule is Cc1ccc(C)c(N(CC(=O)N(Cc2ccc(Br)cc2)[C@@H](C)C(=O)NCC(C)C)S(=O)(=O)c2ccccc2)c1. The number of halogens is 1. The smallest absolute Gasteiger partial charge is 0.264 e. The number of anilines is 1. The Morgan fingerprint density at radius 2 is 1.56 bits per heavy atom. The molecule has 0 radical (unpaired) electrons. The lowest BCUT2D eigenvalue weighted by Crippen LogP contribution is -2.51. The molecule has 0 aliphatic rings. The number of benzene rings is 3. The van der Waals surface area contributed by atoms with Crippen molar-refractivity contribution in [2.24, 2.45) is 5.92 Å². The molecule has 1 atom stereocenters.